The summed E-state index contributed by atoms with van der Waals surface area (Å²) in [5.41, 5.74) is 1.47. The van der Waals surface area contributed by atoms with Gasteiger partial charge in [-0.05, 0) is 54.5 Å². The molecule has 3 amide bonds. The number of benzene rings is 1. The number of amides is 3. The number of methoxy groups -OCH3 is 1. The number of pyridine rings is 1. The van der Waals surface area contributed by atoms with Crippen LogP contribution in [0.5, 0.6) is 5.88 Å². The molecule has 0 aliphatic carbocycles. The minimum atomic E-state index is -3.94. The van der Waals surface area contributed by atoms with Gasteiger partial charge in [0.05, 0.1) is 12.1 Å². The van der Waals surface area contributed by atoms with Crippen LogP contribution in [0.25, 0.3) is 0 Å². The fraction of sp³-hybridized carbons (Fsp3) is 0.417. The number of fused-ring (bicyclic) bond motifs is 1. The fourth-order valence-corrected chi connectivity index (χ4v) is 7.13. The maximum absolute atomic E-state index is 14.6. The summed E-state index contributed by atoms with van der Waals surface area (Å²) in [7, 11) is -2.62. The molecule has 0 spiro atoms. The molecule has 1 aromatic carbocycles. The number of hydrogen-bond acceptors (Lipinski definition) is 7. The summed E-state index contributed by atoms with van der Waals surface area (Å²) in [4.78, 5) is 42.2. The van der Waals surface area contributed by atoms with E-state index in [1.165, 1.54) is 40.7 Å². The Hall–Kier alpha value is -3.09. The molecule has 2 aromatic rings. The Morgan fingerprint density at radius 3 is 2.54 bits per heavy atom. The first kappa shape index (κ1) is 25.6. The first-order valence-electron chi connectivity index (χ1n) is 11.8. The summed E-state index contributed by atoms with van der Waals surface area (Å²) in [5.74, 6) is -2.19. The van der Waals surface area contributed by atoms with Crippen LogP contribution < -0.4 is 10.1 Å². The van der Waals surface area contributed by atoms with Gasteiger partial charge in [-0.3, -0.25) is 19.7 Å². The van der Waals surface area contributed by atoms with Gasteiger partial charge in [0.1, 0.15) is 16.8 Å². The van der Waals surface area contributed by atoms with Gasteiger partial charge in [-0.1, -0.05) is 11.6 Å². The highest BCUT2D eigenvalue weighted by molar-refractivity contribution is 7.89. The van der Waals surface area contributed by atoms with E-state index in [4.69, 9.17) is 16.3 Å². The number of carbonyl (C=O) groups excluding carboxylic acids is 3. The van der Waals surface area contributed by atoms with Gasteiger partial charge in [0, 0.05) is 37.8 Å². The Labute approximate surface area is 217 Å². The van der Waals surface area contributed by atoms with Crippen molar-refractivity contribution in [1.82, 2.24) is 19.5 Å². The molecule has 0 bridgehead atoms. The van der Waals surface area contributed by atoms with Crippen molar-refractivity contribution in [2.45, 2.75) is 49.1 Å². The summed E-state index contributed by atoms with van der Waals surface area (Å²) >= 11 is 5.98. The number of sulfonamides is 1. The van der Waals surface area contributed by atoms with Gasteiger partial charge in [0.25, 0.3) is 5.91 Å². The minimum Gasteiger partial charge on any atom is -0.480 e. The van der Waals surface area contributed by atoms with E-state index in [-0.39, 0.29) is 65.7 Å². The van der Waals surface area contributed by atoms with Gasteiger partial charge in [-0.2, -0.15) is 4.31 Å². The average molecular weight is 551 g/mol. The number of ether oxygens (including phenoxy) is 1. The summed E-state index contributed by atoms with van der Waals surface area (Å²) in [6, 6.07) is 3.05. The van der Waals surface area contributed by atoms with Crippen molar-refractivity contribution in [3.05, 3.63) is 51.9 Å². The summed E-state index contributed by atoms with van der Waals surface area (Å²) in [5, 5.41) is 2.42. The highest BCUT2D eigenvalue weighted by Gasteiger charge is 2.41. The van der Waals surface area contributed by atoms with Crippen molar-refractivity contribution < 1.29 is 31.9 Å². The van der Waals surface area contributed by atoms with Crippen molar-refractivity contribution in [2.24, 2.45) is 0 Å². The van der Waals surface area contributed by atoms with Gasteiger partial charge < -0.3 is 9.64 Å². The molecule has 5 rings (SSSR count). The molecule has 1 unspecified atom stereocenters. The number of imide groups is 1. The Morgan fingerprint density at radius 1 is 1.14 bits per heavy atom. The van der Waals surface area contributed by atoms with E-state index in [1.807, 2.05) is 0 Å². The largest absolute Gasteiger partial charge is 0.480 e. The Kier molecular flexibility index (Phi) is 6.67. The highest BCUT2D eigenvalue weighted by atomic mass is 35.5. The van der Waals surface area contributed by atoms with Crippen LogP contribution in [0.2, 0.25) is 5.02 Å². The molecule has 3 aliphatic heterocycles. The van der Waals surface area contributed by atoms with Crippen molar-refractivity contribution in [1.29, 1.82) is 0 Å². The molecule has 1 N–H and O–H groups in total. The topological polar surface area (TPSA) is 126 Å². The first-order valence-corrected chi connectivity index (χ1v) is 13.6. The molecule has 0 radical (unpaired) electrons. The lowest BCUT2D eigenvalue weighted by Gasteiger charge is -2.32. The lowest BCUT2D eigenvalue weighted by Crippen LogP contribution is -2.52. The number of aromatic nitrogens is 1. The van der Waals surface area contributed by atoms with Crippen molar-refractivity contribution in [3.8, 4) is 5.88 Å². The van der Waals surface area contributed by atoms with E-state index >= 15 is 0 Å². The number of hydrogen-bond donors (Lipinski definition) is 1. The monoisotopic (exact) mass is 550 g/mol. The molecule has 1 aromatic heterocycles. The average Bonchev–Trinajstić information content (AvgIpc) is 3.19. The number of piperidine rings is 2. The predicted molar refractivity (Wildman–Crippen MR) is 129 cm³/mol. The van der Waals surface area contributed by atoms with E-state index in [9.17, 15) is 27.2 Å². The Morgan fingerprint density at radius 2 is 1.86 bits per heavy atom. The van der Waals surface area contributed by atoms with Crippen LogP contribution in [-0.2, 0) is 26.2 Å². The highest BCUT2D eigenvalue weighted by Crippen LogP contribution is 2.39. The van der Waals surface area contributed by atoms with Crippen molar-refractivity contribution >= 4 is 39.3 Å². The molecule has 4 heterocycles. The second-order valence-corrected chi connectivity index (χ2v) is 11.6. The second kappa shape index (κ2) is 9.66. The Bertz CT molecular complexity index is 1410. The zero-order chi connectivity index (χ0) is 26.5. The molecule has 0 saturated carbocycles. The van der Waals surface area contributed by atoms with Crippen LogP contribution in [0.3, 0.4) is 0 Å². The summed E-state index contributed by atoms with van der Waals surface area (Å²) in [6.45, 7) is 0.456. The van der Waals surface area contributed by atoms with Gasteiger partial charge in [0.2, 0.25) is 27.7 Å². The van der Waals surface area contributed by atoms with E-state index in [0.29, 0.717) is 24.0 Å². The van der Waals surface area contributed by atoms with E-state index in [2.05, 4.69) is 10.3 Å². The van der Waals surface area contributed by atoms with E-state index in [1.54, 1.807) is 0 Å². The third kappa shape index (κ3) is 4.57. The third-order valence-corrected chi connectivity index (χ3v) is 9.25. The van der Waals surface area contributed by atoms with Crippen molar-refractivity contribution in [3.63, 3.8) is 0 Å². The van der Waals surface area contributed by atoms with Crippen LogP contribution in [0.15, 0.2) is 29.3 Å². The molecular weight excluding hydrogens is 527 g/mol. The molecule has 10 nitrogen and oxygen atoms in total. The molecule has 196 valence electrons. The van der Waals surface area contributed by atoms with Gasteiger partial charge in [-0.15, -0.1) is 0 Å². The molecular formula is C24H24ClFN4O6S. The third-order valence-electron chi connectivity index (χ3n) is 7.15. The SMILES string of the molecule is COc1ncc(Cl)cc1S(=O)(=O)N1CCC(c2cc(F)cc3c2CN(C2CCC(=O)NC2=O)C3=O)CC1. The lowest BCUT2D eigenvalue weighted by atomic mass is 9.86. The number of nitrogens with zero attached hydrogens (tertiary/aromatic N) is 3. The molecule has 37 heavy (non-hydrogen) atoms. The summed E-state index contributed by atoms with van der Waals surface area (Å²) in [6.07, 6.45) is 2.43. The van der Waals surface area contributed by atoms with Crippen LogP contribution >= 0.6 is 11.6 Å². The van der Waals surface area contributed by atoms with Crippen LogP contribution in [0.1, 0.15) is 53.1 Å². The van der Waals surface area contributed by atoms with Crippen molar-refractivity contribution in [2.75, 3.05) is 20.2 Å². The maximum Gasteiger partial charge on any atom is 0.255 e. The van der Waals surface area contributed by atoms with Gasteiger partial charge in [0.15, 0.2) is 0 Å². The van der Waals surface area contributed by atoms with E-state index < -0.39 is 33.7 Å². The minimum absolute atomic E-state index is 0.0541. The standard InChI is InChI=1S/C24H24ClFN4O6S/c1-36-23-20(8-14(25)11-27-23)37(34,35)29-6-4-13(5-7-29)16-9-15(26)10-17-18(16)12-30(24(17)33)19-2-3-21(31)28-22(19)32/h8-11,13,19H,2-7,12H2,1H3,(H,28,31,32). The number of nitrogens with one attached hydrogen (secondary N) is 1. The molecule has 3 aliphatic rings. The van der Waals surface area contributed by atoms with Crippen LogP contribution in [0.4, 0.5) is 4.39 Å². The maximum atomic E-state index is 14.6. The lowest BCUT2D eigenvalue weighted by molar-refractivity contribution is -0.136. The normalized spacial score (nSPS) is 21.2. The Balaban J connectivity index is 1.37. The zero-order valence-corrected chi connectivity index (χ0v) is 21.4. The van der Waals surface area contributed by atoms with Gasteiger partial charge in [-0.25, -0.2) is 17.8 Å². The van der Waals surface area contributed by atoms with Crippen LogP contribution in [-0.4, -0.2) is 66.6 Å². The summed E-state index contributed by atoms with van der Waals surface area (Å²) < 4.78 is 47.6. The predicted octanol–water partition coefficient (Wildman–Crippen LogP) is 2.21. The van der Waals surface area contributed by atoms with Gasteiger partial charge >= 0.3 is 0 Å². The molecule has 1 atom stereocenters. The van der Waals surface area contributed by atoms with Crippen LogP contribution in [0, 0.1) is 5.82 Å². The number of rotatable bonds is 5. The first-order chi connectivity index (χ1) is 17.6. The molecule has 13 heteroatoms. The zero-order valence-electron chi connectivity index (χ0n) is 19.9. The molecule has 2 fully saturated rings. The quantitative estimate of drug-likeness (QED) is 0.566. The molecule has 2 saturated heterocycles. The fourth-order valence-electron chi connectivity index (χ4n) is 5.31. The number of halogens is 2. The van der Waals surface area contributed by atoms with E-state index in [0.717, 1.165) is 0 Å². The second-order valence-electron chi connectivity index (χ2n) is 9.26. The number of carbonyl (C=O) groups is 3. The smallest absolute Gasteiger partial charge is 0.255 e.